The molecule has 0 aliphatic carbocycles. The van der Waals surface area contributed by atoms with E-state index in [0.29, 0.717) is 13.0 Å². The highest BCUT2D eigenvalue weighted by Crippen LogP contribution is 2.22. The summed E-state index contributed by atoms with van der Waals surface area (Å²) in [5.41, 5.74) is 0.00858. The van der Waals surface area contributed by atoms with Crippen molar-refractivity contribution in [1.29, 1.82) is 0 Å². The molecule has 1 unspecified atom stereocenters. The van der Waals surface area contributed by atoms with Gasteiger partial charge < -0.3 is 10.4 Å². The van der Waals surface area contributed by atoms with Gasteiger partial charge >= 0.3 is 5.97 Å². The van der Waals surface area contributed by atoms with E-state index >= 15 is 0 Å². The van der Waals surface area contributed by atoms with Crippen LogP contribution in [0.2, 0.25) is 0 Å². The molecule has 1 fully saturated rings. The van der Waals surface area contributed by atoms with Crippen LogP contribution in [-0.2, 0) is 14.6 Å². The molecule has 1 aromatic carbocycles. The van der Waals surface area contributed by atoms with Gasteiger partial charge in [0.1, 0.15) is 5.25 Å². The van der Waals surface area contributed by atoms with Crippen LogP contribution in [0.5, 0.6) is 0 Å². The van der Waals surface area contributed by atoms with E-state index in [2.05, 4.69) is 5.32 Å². The lowest BCUT2D eigenvalue weighted by atomic mass is 10.2. The minimum atomic E-state index is -3.78. The first kappa shape index (κ1) is 14.5. The van der Waals surface area contributed by atoms with Gasteiger partial charge in [-0.2, -0.15) is 0 Å². The van der Waals surface area contributed by atoms with Gasteiger partial charge in [-0.25, -0.2) is 13.2 Å². The van der Waals surface area contributed by atoms with Crippen LogP contribution < -0.4 is 5.32 Å². The van der Waals surface area contributed by atoms with Crippen LogP contribution in [-0.4, -0.2) is 37.2 Å². The highest BCUT2D eigenvalue weighted by Gasteiger charge is 2.34. The molecule has 7 heteroatoms. The van der Waals surface area contributed by atoms with Crippen molar-refractivity contribution in [2.75, 3.05) is 6.54 Å². The topological polar surface area (TPSA) is 101 Å². The second kappa shape index (κ2) is 5.62. The molecule has 1 aromatic rings. The predicted octanol–water partition coefficient (Wildman–Crippen LogP) is 0.827. The third-order valence-electron chi connectivity index (χ3n) is 3.29. The van der Waals surface area contributed by atoms with Crippen molar-refractivity contribution in [3.63, 3.8) is 0 Å². The normalized spacial score (nSPS) is 20.0. The third kappa shape index (κ3) is 2.82. The van der Waals surface area contributed by atoms with E-state index in [-0.39, 0.29) is 16.9 Å². The summed E-state index contributed by atoms with van der Waals surface area (Å²) in [5.74, 6) is -1.61. The van der Waals surface area contributed by atoms with E-state index in [9.17, 15) is 18.0 Å². The Morgan fingerprint density at radius 1 is 1.20 bits per heavy atom. The van der Waals surface area contributed by atoms with Crippen LogP contribution in [0.15, 0.2) is 29.2 Å². The van der Waals surface area contributed by atoms with Crippen molar-refractivity contribution >= 4 is 21.7 Å². The fourth-order valence-corrected chi connectivity index (χ4v) is 3.84. The maximum absolute atomic E-state index is 12.4. The van der Waals surface area contributed by atoms with E-state index in [1.54, 1.807) is 0 Å². The number of carbonyl (C=O) groups is 2. The Morgan fingerprint density at radius 3 is 2.45 bits per heavy atom. The minimum absolute atomic E-state index is 0.00858. The monoisotopic (exact) mass is 297 g/mol. The van der Waals surface area contributed by atoms with Crippen LogP contribution in [0.3, 0.4) is 0 Å². The van der Waals surface area contributed by atoms with E-state index in [0.717, 1.165) is 6.42 Å². The summed E-state index contributed by atoms with van der Waals surface area (Å²) < 4.78 is 24.8. The van der Waals surface area contributed by atoms with Crippen molar-refractivity contribution in [3.05, 3.63) is 29.8 Å². The number of rotatable bonds is 3. The summed E-state index contributed by atoms with van der Waals surface area (Å²) in [7, 11) is -3.78. The molecular formula is C13H15NO5S. The van der Waals surface area contributed by atoms with Gasteiger partial charge in [0, 0.05) is 6.54 Å². The SMILES string of the molecule is O=C(O)c1ccc(S(=O)(=O)C2CCCCNC2=O)cc1. The first-order chi connectivity index (χ1) is 9.43. The van der Waals surface area contributed by atoms with Crippen molar-refractivity contribution in [2.45, 2.75) is 29.4 Å². The molecule has 20 heavy (non-hydrogen) atoms. The molecule has 2 N–H and O–H groups in total. The van der Waals surface area contributed by atoms with Gasteiger partial charge in [-0.15, -0.1) is 0 Å². The molecule has 0 aromatic heterocycles. The van der Waals surface area contributed by atoms with Crippen molar-refractivity contribution in [3.8, 4) is 0 Å². The molecular weight excluding hydrogens is 282 g/mol. The molecule has 6 nitrogen and oxygen atoms in total. The quantitative estimate of drug-likeness (QED) is 0.860. The largest absolute Gasteiger partial charge is 0.478 e. The predicted molar refractivity (Wildman–Crippen MR) is 71.2 cm³/mol. The number of carboxylic acids is 1. The smallest absolute Gasteiger partial charge is 0.335 e. The molecule has 1 aliphatic heterocycles. The van der Waals surface area contributed by atoms with Crippen molar-refractivity contribution < 1.29 is 23.1 Å². The van der Waals surface area contributed by atoms with E-state index < -0.39 is 27.0 Å². The Labute approximate surface area is 116 Å². The van der Waals surface area contributed by atoms with Crippen LogP contribution in [0.25, 0.3) is 0 Å². The molecule has 108 valence electrons. The Balaban J connectivity index is 2.33. The molecule has 1 amide bonds. The van der Waals surface area contributed by atoms with E-state index in [4.69, 9.17) is 5.11 Å². The summed E-state index contributed by atoms with van der Waals surface area (Å²) in [6, 6.07) is 4.92. The van der Waals surface area contributed by atoms with Gasteiger partial charge in [-0.1, -0.05) is 0 Å². The maximum atomic E-state index is 12.4. The Kier molecular flexibility index (Phi) is 4.08. The number of aromatic carboxylic acids is 1. The van der Waals surface area contributed by atoms with Crippen LogP contribution in [0.1, 0.15) is 29.6 Å². The summed E-state index contributed by atoms with van der Waals surface area (Å²) in [4.78, 5) is 22.5. The third-order valence-corrected chi connectivity index (χ3v) is 5.42. The summed E-state index contributed by atoms with van der Waals surface area (Å²) in [6.07, 6.45) is 1.71. The zero-order valence-corrected chi connectivity index (χ0v) is 11.5. The molecule has 1 aliphatic rings. The standard InChI is InChI=1S/C13H15NO5S/c15-12-11(3-1-2-8-14-12)20(18,19)10-6-4-9(5-7-10)13(16)17/h4-7,11H,1-3,8H2,(H,14,15)(H,16,17). The second-order valence-corrected chi connectivity index (χ2v) is 6.78. The Hall–Kier alpha value is -1.89. The van der Waals surface area contributed by atoms with Gasteiger partial charge in [0.2, 0.25) is 5.91 Å². The Bertz CT molecular complexity index is 621. The Morgan fingerprint density at radius 2 is 1.85 bits per heavy atom. The summed E-state index contributed by atoms with van der Waals surface area (Å²) >= 11 is 0. The number of amides is 1. The molecule has 0 spiro atoms. The summed E-state index contributed by atoms with van der Waals surface area (Å²) in [6.45, 7) is 0.489. The lowest BCUT2D eigenvalue weighted by Crippen LogP contribution is -2.38. The molecule has 1 heterocycles. The molecule has 0 radical (unpaired) electrons. The molecule has 0 bridgehead atoms. The first-order valence-corrected chi connectivity index (χ1v) is 7.82. The lowest BCUT2D eigenvalue weighted by molar-refractivity contribution is -0.120. The maximum Gasteiger partial charge on any atom is 0.335 e. The molecule has 0 saturated carbocycles. The van der Waals surface area contributed by atoms with Crippen LogP contribution in [0, 0.1) is 0 Å². The van der Waals surface area contributed by atoms with Crippen LogP contribution in [0.4, 0.5) is 0 Å². The number of hydrogen-bond acceptors (Lipinski definition) is 4. The number of hydrogen-bond donors (Lipinski definition) is 2. The fraction of sp³-hybridized carbons (Fsp3) is 0.385. The minimum Gasteiger partial charge on any atom is -0.478 e. The van der Waals surface area contributed by atoms with Gasteiger partial charge in [-0.3, -0.25) is 4.79 Å². The number of carbonyl (C=O) groups excluding carboxylic acids is 1. The van der Waals surface area contributed by atoms with Gasteiger partial charge in [0.25, 0.3) is 0 Å². The highest BCUT2D eigenvalue weighted by molar-refractivity contribution is 7.92. The second-order valence-electron chi connectivity index (χ2n) is 4.65. The highest BCUT2D eigenvalue weighted by atomic mass is 32.2. The van der Waals surface area contributed by atoms with Crippen LogP contribution >= 0.6 is 0 Å². The molecule has 1 saturated heterocycles. The molecule has 1 atom stereocenters. The lowest BCUT2D eigenvalue weighted by Gasteiger charge is -2.14. The van der Waals surface area contributed by atoms with Gasteiger partial charge in [0.05, 0.1) is 10.5 Å². The number of benzene rings is 1. The number of sulfone groups is 1. The van der Waals surface area contributed by atoms with Crippen molar-refractivity contribution in [1.82, 2.24) is 5.32 Å². The summed E-state index contributed by atoms with van der Waals surface area (Å²) in [5, 5.41) is 10.3. The van der Waals surface area contributed by atoms with Gasteiger partial charge in [-0.05, 0) is 43.5 Å². The van der Waals surface area contributed by atoms with Gasteiger partial charge in [0.15, 0.2) is 9.84 Å². The number of carboxylic acid groups (broad SMARTS) is 1. The fourth-order valence-electron chi connectivity index (χ4n) is 2.16. The average molecular weight is 297 g/mol. The zero-order valence-electron chi connectivity index (χ0n) is 10.7. The average Bonchev–Trinajstić information content (AvgIpc) is 2.64. The van der Waals surface area contributed by atoms with E-state index in [1.807, 2.05) is 0 Å². The van der Waals surface area contributed by atoms with Crippen molar-refractivity contribution in [2.24, 2.45) is 0 Å². The first-order valence-electron chi connectivity index (χ1n) is 6.28. The molecule has 2 rings (SSSR count). The van der Waals surface area contributed by atoms with E-state index in [1.165, 1.54) is 24.3 Å². The zero-order chi connectivity index (χ0) is 14.8. The number of nitrogens with one attached hydrogen (secondary N) is 1.